The number of rotatable bonds is 4. The third-order valence-electron chi connectivity index (χ3n) is 3.88. The molecule has 1 heterocycles. The molecule has 0 radical (unpaired) electrons. The number of halogens is 2. The summed E-state index contributed by atoms with van der Waals surface area (Å²) >= 11 is 5.92. The van der Waals surface area contributed by atoms with Gasteiger partial charge in [0.2, 0.25) is 0 Å². The van der Waals surface area contributed by atoms with E-state index in [0.29, 0.717) is 22.0 Å². The molecular formula is C19H17ClFN3O2. The zero-order chi connectivity index (χ0) is 18.8. The van der Waals surface area contributed by atoms with Gasteiger partial charge in [0.05, 0.1) is 28.8 Å². The second kappa shape index (κ2) is 7.17. The van der Waals surface area contributed by atoms with E-state index in [1.807, 2.05) is 13.8 Å². The number of aromatic nitrogens is 2. The Morgan fingerprint density at radius 3 is 2.58 bits per heavy atom. The average Bonchev–Trinajstić information content (AvgIpc) is 3.04. The normalized spacial score (nSPS) is 11.0. The Bertz CT molecular complexity index is 952. The highest BCUT2D eigenvalue weighted by Gasteiger charge is 2.21. The highest BCUT2D eigenvalue weighted by molar-refractivity contribution is 6.31. The summed E-state index contributed by atoms with van der Waals surface area (Å²) in [4.78, 5) is 12.7. The van der Waals surface area contributed by atoms with E-state index < -0.39 is 5.91 Å². The summed E-state index contributed by atoms with van der Waals surface area (Å²) in [5.74, 6) is -0.864. The van der Waals surface area contributed by atoms with Crippen LogP contribution in [-0.2, 0) is 0 Å². The molecule has 26 heavy (non-hydrogen) atoms. The Hall–Kier alpha value is -2.86. The number of phenols is 1. The van der Waals surface area contributed by atoms with Gasteiger partial charge in [-0.3, -0.25) is 4.79 Å². The summed E-state index contributed by atoms with van der Waals surface area (Å²) in [6.45, 7) is 3.87. The van der Waals surface area contributed by atoms with E-state index >= 15 is 0 Å². The second-order valence-electron chi connectivity index (χ2n) is 6.10. The number of nitrogens with zero attached hydrogens (tertiary/aromatic N) is 2. The summed E-state index contributed by atoms with van der Waals surface area (Å²) in [7, 11) is 0. The summed E-state index contributed by atoms with van der Waals surface area (Å²) in [6.07, 6.45) is 1.45. The van der Waals surface area contributed by atoms with Crippen molar-refractivity contribution in [3.8, 4) is 11.4 Å². The van der Waals surface area contributed by atoms with Crippen LogP contribution in [0.4, 0.5) is 10.1 Å². The Morgan fingerprint density at radius 2 is 1.92 bits per heavy atom. The van der Waals surface area contributed by atoms with Crippen molar-refractivity contribution in [3.05, 3.63) is 70.8 Å². The van der Waals surface area contributed by atoms with Crippen LogP contribution in [0.1, 0.15) is 35.8 Å². The molecule has 2 aromatic carbocycles. The summed E-state index contributed by atoms with van der Waals surface area (Å²) in [6, 6.07) is 10.3. The molecule has 0 atom stereocenters. The highest BCUT2D eigenvalue weighted by Crippen LogP contribution is 2.29. The predicted octanol–water partition coefficient (Wildman–Crippen LogP) is 4.75. The van der Waals surface area contributed by atoms with Crippen molar-refractivity contribution in [1.82, 2.24) is 9.78 Å². The molecule has 3 aromatic rings. The quantitative estimate of drug-likeness (QED) is 0.649. The van der Waals surface area contributed by atoms with Crippen molar-refractivity contribution in [1.29, 1.82) is 0 Å². The number of anilines is 1. The third-order valence-corrected chi connectivity index (χ3v) is 4.11. The number of carbonyl (C=O) groups excluding carboxylic acids is 1. The average molecular weight is 374 g/mol. The summed E-state index contributed by atoms with van der Waals surface area (Å²) in [5.41, 5.74) is 1.91. The molecule has 1 aromatic heterocycles. The number of hydrogen-bond donors (Lipinski definition) is 2. The maximum absolute atomic E-state index is 13.2. The number of phenolic OH excluding ortho intramolecular Hbond substituents is 1. The van der Waals surface area contributed by atoms with Gasteiger partial charge in [-0.2, -0.15) is 5.10 Å². The fraction of sp³-hybridized carbons (Fsp3) is 0.158. The minimum Gasteiger partial charge on any atom is -0.506 e. The van der Waals surface area contributed by atoms with Crippen LogP contribution in [0.25, 0.3) is 5.69 Å². The molecule has 0 aliphatic heterocycles. The number of nitrogens with one attached hydrogen (secondary N) is 1. The molecule has 5 nitrogen and oxygen atoms in total. The maximum Gasteiger partial charge on any atom is 0.259 e. The van der Waals surface area contributed by atoms with E-state index in [1.54, 1.807) is 16.8 Å². The van der Waals surface area contributed by atoms with Gasteiger partial charge >= 0.3 is 0 Å². The maximum atomic E-state index is 13.2. The first-order chi connectivity index (χ1) is 12.4. The van der Waals surface area contributed by atoms with Crippen molar-refractivity contribution < 1.29 is 14.3 Å². The molecule has 0 spiro atoms. The third kappa shape index (κ3) is 3.55. The van der Waals surface area contributed by atoms with Crippen molar-refractivity contribution in [3.63, 3.8) is 0 Å². The molecule has 0 unspecified atom stereocenters. The first-order valence-corrected chi connectivity index (χ1v) is 8.38. The van der Waals surface area contributed by atoms with Crippen LogP contribution in [0.3, 0.4) is 0 Å². The van der Waals surface area contributed by atoms with E-state index in [9.17, 15) is 14.3 Å². The molecule has 0 fully saturated rings. The number of carbonyl (C=O) groups is 1. The molecule has 0 saturated heterocycles. The molecule has 0 aliphatic rings. The lowest BCUT2D eigenvalue weighted by molar-refractivity contribution is 0.102. The van der Waals surface area contributed by atoms with Crippen molar-refractivity contribution in [2.75, 3.05) is 5.32 Å². The van der Waals surface area contributed by atoms with E-state index in [0.717, 1.165) is 0 Å². The minimum absolute atomic E-state index is 0.0174. The van der Waals surface area contributed by atoms with E-state index in [2.05, 4.69) is 10.4 Å². The number of hydrogen-bond acceptors (Lipinski definition) is 3. The van der Waals surface area contributed by atoms with Crippen LogP contribution in [-0.4, -0.2) is 20.8 Å². The number of aromatic hydroxyl groups is 1. The fourth-order valence-corrected chi connectivity index (χ4v) is 2.85. The largest absolute Gasteiger partial charge is 0.506 e. The van der Waals surface area contributed by atoms with Crippen LogP contribution in [0.5, 0.6) is 5.75 Å². The van der Waals surface area contributed by atoms with Gasteiger partial charge in [-0.05, 0) is 48.4 Å². The topological polar surface area (TPSA) is 67.2 Å². The molecule has 3 rings (SSSR count). The highest BCUT2D eigenvalue weighted by atomic mass is 35.5. The van der Waals surface area contributed by atoms with Gasteiger partial charge in [-0.15, -0.1) is 0 Å². The SMILES string of the molecule is CC(C)c1c(C(=O)Nc2cc(Cl)ccc2O)cnn1-c1ccc(F)cc1. The van der Waals surface area contributed by atoms with Gasteiger partial charge in [0.25, 0.3) is 5.91 Å². The van der Waals surface area contributed by atoms with Crippen LogP contribution < -0.4 is 5.32 Å². The first-order valence-electron chi connectivity index (χ1n) is 8.00. The molecule has 0 aliphatic carbocycles. The Kier molecular flexibility index (Phi) is 4.95. The lowest BCUT2D eigenvalue weighted by Gasteiger charge is -2.13. The van der Waals surface area contributed by atoms with Gasteiger partial charge < -0.3 is 10.4 Å². The van der Waals surface area contributed by atoms with Crippen LogP contribution in [0.15, 0.2) is 48.7 Å². The second-order valence-corrected chi connectivity index (χ2v) is 6.54. The van der Waals surface area contributed by atoms with Crippen molar-refractivity contribution in [2.24, 2.45) is 0 Å². The van der Waals surface area contributed by atoms with Gasteiger partial charge in [-0.25, -0.2) is 9.07 Å². The van der Waals surface area contributed by atoms with Crippen LogP contribution >= 0.6 is 11.6 Å². The monoisotopic (exact) mass is 373 g/mol. The molecule has 1 amide bonds. The lowest BCUT2D eigenvalue weighted by atomic mass is 10.0. The zero-order valence-corrected chi connectivity index (χ0v) is 15.0. The molecule has 134 valence electrons. The standard InChI is InChI=1S/C19H17ClFN3O2/c1-11(2)18-15(10-22-24(18)14-6-4-13(21)5-7-14)19(26)23-16-9-12(20)3-8-17(16)25/h3-11,25H,1-2H3,(H,23,26). The Morgan fingerprint density at radius 1 is 1.23 bits per heavy atom. The molecule has 0 saturated carbocycles. The van der Waals surface area contributed by atoms with Gasteiger partial charge in [0, 0.05) is 5.02 Å². The van der Waals surface area contributed by atoms with Gasteiger partial charge in [0.15, 0.2) is 0 Å². The number of benzene rings is 2. The van der Waals surface area contributed by atoms with Crippen LogP contribution in [0, 0.1) is 5.82 Å². The van der Waals surface area contributed by atoms with Gasteiger partial charge in [0.1, 0.15) is 11.6 Å². The smallest absolute Gasteiger partial charge is 0.259 e. The predicted molar refractivity (Wildman–Crippen MR) is 98.7 cm³/mol. The summed E-state index contributed by atoms with van der Waals surface area (Å²) < 4.78 is 14.8. The van der Waals surface area contributed by atoms with E-state index in [-0.39, 0.29) is 23.2 Å². The Labute approximate surface area is 155 Å². The van der Waals surface area contributed by atoms with Crippen molar-refractivity contribution >= 4 is 23.2 Å². The Balaban J connectivity index is 1.98. The zero-order valence-electron chi connectivity index (χ0n) is 14.2. The fourth-order valence-electron chi connectivity index (χ4n) is 2.67. The van der Waals surface area contributed by atoms with Crippen molar-refractivity contribution in [2.45, 2.75) is 19.8 Å². The lowest BCUT2D eigenvalue weighted by Crippen LogP contribution is -2.15. The summed E-state index contributed by atoms with van der Waals surface area (Å²) in [5, 5.41) is 17.2. The molecule has 7 heteroatoms. The number of amides is 1. The molecule has 2 N–H and O–H groups in total. The first kappa shape index (κ1) is 17.9. The van der Waals surface area contributed by atoms with Crippen LogP contribution in [0.2, 0.25) is 5.02 Å². The van der Waals surface area contributed by atoms with E-state index in [4.69, 9.17) is 11.6 Å². The molecular weight excluding hydrogens is 357 g/mol. The minimum atomic E-state index is -0.417. The van der Waals surface area contributed by atoms with Gasteiger partial charge in [-0.1, -0.05) is 25.4 Å². The van der Waals surface area contributed by atoms with E-state index in [1.165, 1.54) is 36.5 Å². The molecule has 0 bridgehead atoms.